The molecule has 0 fully saturated rings. The molecule has 20 heavy (non-hydrogen) atoms. The number of aliphatic carboxylic acids is 1. The van der Waals surface area contributed by atoms with Crippen molar-refractivity contribution in [3.05, 3.63) is 42.2 Å². The second kappa shape index (κ2) is 6.46. The molecule has 0 atom stereocenters. The maximum Gasteiger partial charge on any atom is 0.307 e. The summed E-state index contributed by atoms with van der Waals surface area (Å²) in [6, 6.07) is 6.80. The van der Waals surface area contributed by atoms with E-state index in [9.17, 15) is 9.59 Å². The highest BCUT2D eigenvalue weighted by molar-refractivity contribution is 5.90. The number of benzene rings is 1. The Labute approximate surface area is 115 Å². The van der Waals surface area contributed by atoms with Crippen molar-refractivity contribution in [2.24, 2.45) is 0 Å². The average Bonchev–Trinajstić information content (AvgIpc) is 2.89. The van der Waals surface area contributed by atoms with E-state index in [-0.39, 0.29) is 18.7 Å². The number of anilines is 1. The molecule has 1 aromatic heterocycles. The van der Waals surface area contributed by atoms with Crippen LogP contribution in [0, 0.1) is 0 Å². The van der Waals surface area contributed by atoms with E-state index >= 15 is 0 Å². The van der Waals surface area contributed by atoms with Crippen molar-refractivity contribution >= 4 is 17.6 Å². The summed E-state index contributed by atoms with van der Waals surface area (Å²) in [6.45, 7) is 0.445. The Kier molecular flexibility index (Phi) is 4.43. The number of hydrogen-bond donors (Lipinski definition) is 2. The maximum atomic E-state index is 11.8. The number of rotatable bonds is 6. The van der Waals surface area contributed by atoms with E-state index in [0.29, 0.717) is 17.8 Å². The first kappa shape index (κ1) is 13.7. The van der Waals surface area contributed by atoms with Crippen LogP contribution in [0.3, 0.4) is 0 Å². The molecule has 1 amide bonds. The zero-order valence-corrected chi connectivity index (χ0v) is 10.7. The number of carbonyl (C=O) groups is 2. The molecule has 0 saturated carbocycles. The summed E-state index contributed by atoms with van der Waals surface area (Å²) in [4.78, 5) is 22.4. The molecule has 0 aliphatic carbocycles. The minimum atomic E-state index is -0.903. The molecule has 1 aromatic carbocycles. The van der Waals surface area contributed by atoms with Crippen LogP contribution in [-0.2, 0) is 22.6 Å². The summed E-state index contributed by atoms with van der Waals surface area (Å²) in [7, 11) is 0. The Morgan fingerprint density at radius 2 is 2.20 bits per heavy atom. The molecule has 2 N–H and O–H groups in total. The largest absolute Gasteiger partial charge is 0.481 e. The fourth-order valence-corrected chi connectivity index (χ4v) is 1.73. The maximum absolute atomic E-state index is 11.8. The summed E-state index contributed by atoms with van der Waals surface area (Å²) in [6.07, 6.45) is 3.43. The van der Waals surface area contributed by atoms with Gasteiger partial charge in [-0.25, -0.2) is 0 Å². The van der Waals surface area contributed by atoms with Crippen molar-refractivity contribution in [3.8, 4) is 0 Å². The quantitative estimate of drug-likeness (QED) is 0.816. The number of carboxylic acid groups (broad SMARTS) is 1. The Bertz CT molecular complexity index is 595. The number of nitrogens with one attached hydrogen (secondary N) is 1. The lowest BCUT2D eigenvalue weighted by molar-refractivity contribution is -0.136. The lowest BCUT2D eigenvalue weighted by atomic mass is 10.1. The highest BCUT2D eigenvalue weighted by Gasteiger charge is 2.05. The van der Waals surface area contributed by atoms with Gasteiger partial charge in [0, 0.05) is 18.3 Å². The standard InChI is InChI=1S/C13H14N4O3/c18-12(4-6-17-7-5-14-16-17)15-11-3-1-2-10(8-11)9-13(19)20/h1-3,5,7-8H,4,6,9H2,(H,15,18)(H,19,20). The van der Waals surface area contributed by atoms with Crippen LogP contribution in [0.15, 0.2) is 36.7 Å². The van der Waals surface area contributed by atoms with Gasteiger partial charge in [0.25, 0.3) is 0 Å². The van der Waals surface area contributed by atoms with Crippen LogP contribution < -0.4 is 5.32 Å². The van der Waals surface area contributed by atoms with Gasteiger partial charge in [-0.3, -0.25) is 14.3 Å². The van der Waals surface area contributed by atoms with Gasteiger partial charge in [0.2, 0.25) is 5.91 Å². The van der Waals surface area contributed by atoms with Crippen molar-refractivity contribution in [2.75, 3.05) is 5.32 Å². The number of nitrogens with zero attached hydrogens (tertiary/aromatic N) is 3. The van der Waals surface area contributed by atoms with Gasteiger partial charge in [0.15, 0.2) is 0 Å². The second-order valence-corrected chi connectivity index (χ2v) is 4.24. The molecule has 1 heterocycles. The van der Waals surface area contributed by atoms with E-state index in [0.717, 1.165) is 0 Å². The molecule has 0 unspecified atom stereocenters. The predicted octanol–water partition coefficient (Wildman–Crippen LogP) is 0.934. The van der Waals surface area contributed by atoms with Gasteiger partial charge in [0.1, 0.15) is 0 Å². The van der Waals surface area contributed by atoms with E-state index in [4.69, 9.17) is 5.11 Å². The van der Waals surface area contributed by atoms with E-state index < -0.39 is 5.97 Å². The highest BCUT2D eigenvalue weighted by Crippen LogP contribution is 2.11. The van der Waals surface area contributed by atoms with Crippen molar-refractivity contribution in [2.45, 2.75) is 19.4 Å². The first-order chi connectivity index (χ1) is 9.63. The third-order valence-electron chi connectivity index (χ3n) is 2.61. The van der Waals surface area contributed by atoms with Crippen molar-refractivity contribution in [1.82, 2.24) is 15.0 Å². The van der Waals surface area contributed by atoms with Crippen molar-refractivity contribution < 1.29 is 14.7 Å². The van der Waals surface area contributed by atoms with E-state index in [1.165, 1.54) is 0 Å². The third-order valence-corrected chi connectivity index (χ3v) is 2.61. The van der Waals surface area contributed by atoms with Gasteiger partial charge in [0.05, 0.1) is 19.2 Å². The zero-order chi connectivity index (χ0) is 14.4. The molecule has 2 rings (SSSR count). The molecule has 0 aliphatic rings. The van der Waals surface area contributed by atoms with Gasteiger partial charge in [-0.2, -0.15) is 0 Å². The normalized spacial score (nSPS) is 10.2. The molecule has 0 saturated heterocycles. The monoisotopic (exact) mass is 274 g/mol. The molecule has 7 nitrogen and oxygen atoms in total. The second-order valence-electron chi connectivity index (χ2n) is 4.24. The molecule has 0 aliphatic heterocycles. The first-order valence-corrected chi connectivity index (χ1v) is 6.08. The van der Waals surface area contributed by atoms with E-state index in [2.05, 4.69) is 15.6 Å². The minimum Gasteiger partial charge on any atom is -0.481 e. The van der Waals surface area contributed by atoms with Gasteiger partial charge in [-0.1, -0.05) is 17.3 Å². The van der Waals surface area contributed by atoms with Crippen LogP contribution in [0.5, 0.6) is 0 Å². The zero-order valence-electron chi connectivity index (χ0n) is 10.7. The summed E-state index contributed by atoms with van der Waals surface area (Å²) < 4.78 is 1.57. The topological polar surface area (TPSA) is 97.1 Å². The molecule has 0 radical (unpaired) electrons. The lowest BCUT2D eigenvalue weighted by Crippen LogP contribution is -2.15. The number of hydrogen-bond acceptors (Lipinski definition) is 4. The molecular weight excluding hydrogens is 260 g/mol. The molecule has 2 aromatic rings. The molecule has 104 valence electrons. The Morgan fingerprint density at radius 3 is 2.90 bits per heavy atom. The van der Waals surface area contributed by atoms with Gasteiger partial charge >= 0.3 is 5.97 Å². The number of carboxylic acids is 1. The Balaban J connectivity index is 1.88. The summed E-state index contributed by atoms with van der Waals surface area (Å²) in [5.41, 5.74) is 1.24. The van der Waals surface area contributed by atoms with Crippen LogP contribution in [0.2, 0.25) is 0 Å². The fraction of sp³-hybridized carbons (Fsp3) is 0.231. The van der Waals surface area contributed by atoms with E-state index in [1.54, 1.807) is 41.3 Å². The van der Waals surface area contributed by atoms with Crippen LogP contribution in [0.25, 0.3) is 0 Å². The van der Waals surface area contributed by atoms with Gasteiger partial charge in [-0.15, -0.1) is 5.10 Å². The number of carbonyl (C=O) groups excluding carboxylic acids is 1. The van der Waals surface area contributed by atoms with Crippen molar-refractivity contribution in [1.29, 1.82) is 0 Å². The van der Waals surface area contributed by atoms with Gasteiger partial charge < -0.3 is 10.4 Å². The third kappa shape index (κ3) is 4.20. The fourth-order valence-electron chi connectivity index (χ4n) is 1.73. The Morgan fingerprint density at radius 1 is 1.35 bits per heavy atom. The van der Waals surface area contributed by atoms with Crippen LogP contribution >= 0.6 is 0 Å². The number of amides is 1. The van der Waals surface area contributed by atoms with Crippen LogP contribution in [-0.4, -0.2) is 32.0 Å². The summed E-state index contributed by atoms with van der Waals surface area (Å²) >= 11 is 0. The summed E-state index contributed by atoms with van der Waals surface area (Å²) in [5.74, 6) is -1.06. The smallest absolute Gasteiger partial charge is 0.307 e. The van der Waals surface area contributed by atoms with Crippen molar-refractivity contribution in [3.63, 3.8) is 0 Å². The SMILES string of the molecule is O=C(O)Cc1cccc(NC(=O)CCn2ccnn2)c1. The molecular formula is C13H14N4O3. The number of aryl methyl sites for hydroxylation is 1. The highest BCUT2D eigenvalue weighted by atomic mass is 16.4. The average molecular weight is 274 g/mol. The van der Waals surface area contributed by atoms with Crippen LogP contribution in [0.4, 0.5) is 5.69 Å². The molecule has 7 heteroatoms. The lowest BCUT2D eigenvalue weighted by Gasteiger charge is -2.06. The minimum absolute atomic E-state index is 0.0668. The molecule has 0 spiro atoms. The number of aromatic nitrogens is 3. The van der Waals surface area contributed by atoms with Gasteiger partial charge in [-0.05, 0) is 17.7 Å². The molecule has 0 bridgehead atoms. The van der Waals surface area contributed by atoms with E-state index in [1.807, 2.05) is 0 Å². The predicted molar refractivity (Wildman–Crippen MR) is 71.1 cm³/mol. The Hall–Kier alpha value is -2.70. The summed E-state index contributed by atoms with van der Waals surface area (Å²) in [5, 5.41) is 18.9. The first-order valence-electron chi connectivity index (χ1n) is 6.08. The van der Waals surface area contributed by atoms with Crippen LogP contribution in [0.1, 0.15) is 12.0 Å².